The van der Waals surface area contributed by atoms with Crippen molar-refractivity contribution in [3.8, 4) is 0 Å². The number of aromatic nitrogens is 1. The van der Waals surface area contributed by atoms with Gasteiger partial charge in [0, 0.05) is 24.5 Å². The molecule has 3 unspecified atom stereocenters. The second kappa shape index (κ2) is 7.68. The number of para-hydroxylation sites is 1. The first-order valence-corrected chi connectivity index (χ1v) is 8.13. The van der Waals surface area contributed by atoms with E-state index in [1.54, 1.807) is 0 Å². The number of rotatable bonds is 1. The highest BCUT2D eigenvalue weighted by Gasteiger charge is 2.40. The Hall–Kier alpha value is -1.36. The predicted molar refractivity (Wildman–Crippen MR) is 101 cm³/mol. The summed E-state index contributed by atoms with van der Waals surface area (Å²) in [7, 11) is 0. The lowest BCUT2D eigenvalue weighted by atomic mass is 9.78. The van der Waals surface area contributed by atoms with Gasteiger partial charge in [-0.15, -0.1) is 24.8 Å². The molecule has 1 saturated heterocycles. The highest BCUT2D eigenvalue weighted by molar-refractivity contribution is 5.95. The second-order valence-corrected chi connectivity index (χ2v) is 6.62. The van der Waals surface area contributed by atoms with Crippen LogP contribution in [-0.4, -0.2) is 34.9 Å². The lowest BCUT2D eigenvalue weighted by Gasteiger charge is -2.29. The van der Waals surface area contributed by atoms with Gasteiger partial charge in [0.05, 0.1) is 5.52 Å². The number of pyridine rings is 1. The van der Waals surface area contributed by atoms with Crippen molar-refractivity contribution >= 4 is 41.6 Å². The summed E-state index contributed by atoms with van der Waals surface area (Å²) in [5.41, 5.74) is 7.67. The maximum absolute atomic E-state index is 12.8. The zero-order valence-corrected chi connectivity index (χ0v) is 15.1. The van der Waals surface area contributed by atoms with Crippen molar-refractivity contribution in [2.75, 3.05) is 13.1 Å². The highest BCUT2D eigenvalue weighted by Crippen LogP contribution is 2.36. The van der Waals surface area contributed by atoms with E-state index in [9.17, 15) is 4.79 Å². The van der Waals surface area contributed by atoms with E-state index in [1.165, 1.54) is 12.8 Å². The van der Waals surface area contributed by atoms with E-state index in [-0.39, 0.29) is 36.8 Å². The number of hydrogen-bond donors (Lipinski definition) is 1. The molecular weight excluding hydrogens is 345 g/mol. The van der Waals surface area contributed by atoms with Crippen molar-refractivity contribution in [3.05, 3.63) is 42.1 Å². The van der Waals surface area contributed by atoms with E-state index >= 15 is 0 Å². The largest absolute Gasteiger partial charge is 0.337 e. The fourth-order valence-corrected chi connectivity index (χ4v) is 4.03. The highest BCUT2D eigenvalue weighted by atomic mass is 35.5. The van der Waals surface area contributed by atoms with Gasteiger partial charge in [-0.3, -0.25) is 4.79 Å². The first kappa shape index (κ1) is 19.0. The third-order valence-corrected chi connectivity index (χ3v) is 5.26. The molecule has 2 aliphatic rings. The predicted octanol–water partition coefficient (Wildman–Crippen LogP) is 3.28. The minimum atomic E-state index is 0. The molecule has 6 heteroatoms. The van der Waals surface area contributed by atoms with E-state index in [2.05, 4.69) is 4.98 Å². The van der Waals surface area contributed by atoms with Crippen LogP contribution >= 0.6 is 24.8 Å². The Kier molecular flexibility index (Phi) is 6.07. The molecule has 1 aliphatic carbocycles. The average molecular weight is 368 g/mol. The zero-order valence-electron chi connectivity index (χ0n) is 13.4. The molecule has 1 amide bonds. The van der Waals surface area contributed by atoms with Crippen LogP contribution in [0.2, 0.25) is 0 Å². The molecule has 4 rings (SSSR count). The van der Waals surface area contributed by atoms with Crippen LogP contribution in [0.3, 0.4) is 0 Å². The number of amides is 1. The molecule has 2 heterocycles. The molecular formula is C18H23Cl2N3O. The summed E-state index contributed by atoms with van der Waals surface area (Å²) in [4.78, 5) is 19.3. The van der Waals surface area contributed by atoms with E-state index in [0.717, 1.165) is 30.4 Å². The van der Waals surface area contributed by atoms with Crippen molar-refractivity contribution in [2.45, 2.75) is 25.3 Å². The number of nitrogens with two attached hydrogens (primary N) is 1. The van der Waals surface area contributed by atoms with Crippen LogP contribution in [0.1, 0.15) is 29.8 Å². The molecule has 2 N–H and O–H groups in total. The van der Waals surface area contributed by atoms with Gasteiger partial charge in [-0.2, -0.15) is 0 Å². The van der Waals surface area contributed by atoms with Crippen molar-refractivity contribution in [2.24, 2.45) is 17.6 Å². The third-order valence-electron chi connectivity index (χ3n) is 5.26. The van der Waals surface area contributed by atoms with Crippen LogP contribution in [0.25, 0.3) is 10.9 Å². The summed E-state index contributed by atoms with van der Waals surface area (Å²) in [6, 6.07) is 12.0. The maximum Gasteiger partial charge on any atom is 0.272 e. The maximum atomic E-state index is 12.8. The van der Waals surface area contributed by atoms with Crippen molar-refractivity contribution in [3.63, 3.8) is 0 Å². The van der Waals surface area contributed by atoms with E-state index < -0.39 is 0 Å². The molecule has 3 atom stereocenters. The molecule has 24 heavy (non-hydrogen) atoms. The molecule has 0 radical (unpaired) electrons. The lowest BCUT2D eigenvalue weighted by molar-refractivity contribution is 0.0778. The normalized spacial score (nSPS) is 25.5. The standard InChI is InChI=1S/C18H21N3O.2ClH/c19-15-6-3-5-13-10-21(11-14(13)15)18(22)17-9-8-12-4-1-2-7-16(12)20-17;;/h1-2,4,7-9,13-15H,3,5-6,10-11,19H2;2*1H. The van der Waals surface area contributed by atoms with Crippen LogP contribution in [0.4, 0.5) is 0 Å². The Morgan fingerprint density at radius 2 is 1.88 bits per heavy atom. The molecule has 0 bridgehead atoms. The number of halogens is 2. The molecule has 2 aromatic rings. The quantitative estimate of drug-likeness (QED) is 0.841. The summed E-state index contributed by atoms with van der Waals surface area (Å²) in [5.74, 6) is 1.10. The number of carbonyl (C=O) groups excluding carboxylic acids is 1. The number of carbonyl (C=O) groups is 1. The Morgan fingerprint density at radius 3 is 2.67 bits per heavy atom. The van der Waals surface area contributed by atoms with Crippen LogP contribution in [0, 0.1) is 11.8 Å². The SMILES string of the molecule is Cl.Cl.NC1CCCC2CN(C(=O)c3ccc4ccccc4n3)CC12. The molecule has 1 aromatic carbocycles. The van der Waals surface area contributed by atoms with Gasteiger partial charge in [0.1, 0.15) is 5.69 Å². The molecule has 1 aliphatic heterocycles. The summed E-state index contributed by atoms with van der Waals surface area (Å²) in [6.07, 6.45) is 3.49. The third kappa shape index (κ3) is 3.37. The van der Waals surface area contributed by atoms with Gasteiger partial charge in [0.2, 0.25) is 0 Å². The molecule has 0 spiro atoms. The second-order valence-electron chi connectivity index (χ2n) is 6.62. The molecule has 2 fully saturated rings. The average Bonchev–Trinajstić information content (AvgIpc) is 2.99. The Morgan fingerprint density at radius 1 is 1.08 bits per heavy atom. The minimum absolute atomic E-state index is 0. The van der Waals surface area contributed by atoms with E-state index in [0.29, 0.717) is 17.5 Å². The minimum Gasteiger partial charge on any atom is -0.337 e. The topological polar surface area (TPSA) is 59.2 Å². The van der Waals surface area contributed by atoms with Gasteiger partial charge >= 0.3 is 0 Å². The summed E-state index contributed by atoms with van der Waals surface area (Å²) < 4.78 is 0. The number of benzene rings is 1. The van der Waals surface area contributed by atoms with Crippen LogP contribution in [0.15, 0.2) is 36.4 Å². The monoisotopic (exact) mass is 367 g/mol. The summed E-state index contributed by atoms with van der Waals surface area (Å²) >= 11 is 0. The molecule has 4 nitrogen and oxygen atoms in total. The van der Waals surface area contributed by atoms with Crippen molar-refractivity contribution in [1.82, 2.24) is 9.88 Å². The Labute approximate surface area is 154 Å². The fourth-order valence-electron chi connectivity index (χ4n) is 4.03. The van der Waals surface area contributed by atoms with E-state index in [1.807, 2.05) is 41.3 Å². The fraction of sp³-hybridized carbons (Fsp3) is 0.444. The Bertz CT molecular complexity index is 724. The summed E-state index contributed by atoms with van der Waals surface area (Å²) in [5, 5.41) is 1.07. The molecule has 1 aromatic heterocycles. The van der Waals surface area contributed by atoms with Gasteiger partial charge in [-0.1, -0.05) is 30.7 Å². The van der Waals surface area contributed by atoms with Crippen LogP contribution in [0.5, 0.6) is 0 Å². The van der Waals surface area contributed by atoms with Gasteiger partial charge in [0.25, 0.3) is 5.91 Å². The molecule has 130 valence electrons. The number of likely N-dealkylation sites (tertiary alicyclic amines) is 1. The van der Waals surface area contributed by atoms with Gasteiger partial charge in [-0.25, -0.2) is 4.98 Å². The van der Waals surface area contributed by atoms with Crippen LogP contribution < -0.4 is 5.73 Å². The zero-order chi connectivity index (χ0) is 15.1. The Balaban J connectivity index is 0.00000104. The van der Waals surface area contributed by atoms with E-state index in [4.69, 9.17) is 5.73 Å². The van der Waals surface area contributed by atoms with Crippen molar-refractivity contribution < 1.29 is 4.79 Å². The first-order chi connectivity index (χ1) is 10.7. The van der Waals surface area contributed by atoms with Crippen LogP contribution in [-0.2, 0) is 0 Å². The number of hydrogen-bond acceptors (Lipinski definition) is 3. The smallest absolute Gasteiger partial charge is 0.272 e. The molecule has 1 saturated carbocycles. The first-order valence-electron chi connectivity index (χ1n) is 8.13. The summed E-state index contributed by atoms with van der Waals surface area (Å²) in [6.45, 7) is 1.63. The van der Waals surface area contributed by atoms with Gasteiger partial charge in [-0.05, 0) is 36.8 Å². The van der Waals surface area contributed by atoms with Gasteiger partial charge in [0.15, 0.2) is 0 Å². The number of fused-ring (bicyclic) bond motifs is 2. The lowest BCUT2D eigenvalue weighted by Crippen LogP contribution is -2.38. The van der Waals surface area contributed by atoms with Crippen molar-refractivity contribution in [1.29, 1.82) is 0 Å². The van der Waals surface area contributed by atoms with Gasteiger partial charge < -0.3 is 10.6 Å². The number of nitrogens with zero attached hydrogens (tertiary/aromatic N) is 2.